The Morgan fingerprint density at radius 3 is 1.11 bits per heavy atom. The summed E-state index contributed by atoms with van der Waals surface area (Å²) in [5, 5.41) is 0. The van der Waals surface area contributed by atoms with Gasteiger partial charge in [0.05, 0.1) is 12.7 Å². The molecule has 4 heteroatoms. The minimum Gasteiger partial charge on any atom is -0.465 e. The van der Waals surface area contributed by atoms with Crippen molar-refractivity contribution in [2.45, 2.75) is 240 Å². The Kier molecular flexibility index (Phi) is 40.0. The quantitative estimate of drug-likeness (QED) is 0.0530. The molecule has 0 aromatic rings. The van der Waals surface area contributed by atoms with Crippen molar-refractivity contribution in [3.63, 3.8) is 0 Å². The first-order chi connectivity index (χ1) is 21.9. The monoisotopic (exact) mass is 639 g/mol. The number of ether oxygens (including phenoxy) is 2. The summed E-state index contributed by atoms with van der Waals surface area (Å²) in [6.07, 6.45) is 37.9. The molecule has 270 valence electrons. The lowest BCUT2D eigenvalue weighted by atomic mass is 10.0. The van der Waals surface area contributed by atoms with Crippen molar-refractivity contribution in [2.24, 2.45) is 5.92 Å². The first-order valence-corrected chi connectivity index (χ1v) is 20.3. The Labute approximate surface area is 283 Å². The molecule has 1 unspecified atom stereocenters. The van der Waals surface area contributed by atoms with Crippen LogP contribution in [0, 0.1) is 5.92 Å². The van der Waals surface area contributed by atoms with Crippen molar-refractivity contribution in [3.05, 3.63) is 0 Å². The zero-order chi connectivity index (χ0) is 33.6. The minimum atomic E-state index is -0.0362. The predicted molar refractivity (Wildman–Crippen MR) is 197 cm³/mol. The summed E-state index contributed by atoms with van der Waals surface area (Å²) in [6.45, 7) is 13.4. The number of carbonyl (C=O) groups is 2. The van der Waals surface area contributed by atoms with Crippen LogP contribution in [0.4, 0.5) is 0 Å². The highest BCUT2D eigenvalue weighted by Crippen LogP contribution is 2.16. The van der Waals surface area contributed by atoms with Gasteiger partial charge in [0.2, 0.25) is 0 Å². The van der Waals surface area contributed by atoms with Gasteiger partial charge in [0.25, 0.3) is 0 Å². The lowest BCUT2D eigenvalue weighted by Crippen LogP contribution is -2.13. The second-order valence-corrected chi connectivity index (χ2v) is 13.9. The molecule has 0 aliphatic heterocycles. The topological polar surface area (TPSA) is 52.6 Å². The zero-order valence-electron chi connectivity index (χ0n) is 31.7. The lowest BCUT2D eigenvalue weighted by molar-refractivity contribution is -0.147. The molecule has 0 rings (SSSR count). The molecule has 1 atom stereocenters. The largest absolute Gasteiger partial charge is 0.465 e. The molecule has 0 saturated heterocycles. The summed E-state index contributed by atoms with van der Waals surface area (Å²) in [6, 6.07) is 0. The summed E-state index contributed by atoms with van der Waals surface area (Å²) in [7, 11) is 0. The van der Waals surface area contributed by atoms with E-state index in [1.807, 2.05) is 13.8 Å². The van der Waals surface area contributed by atoms with Gasteiger partial charge in [-0.15, -0.1) is 0 Å². The molecule has 0 amide bonds. The van der Waals surface area contributed by atoms with E-state index in [2.05, 4.69) is 27.7 Å². The first kappa shape index (κ1) is 46.1. The van der Waals surface area contributed by atoms with Crippen LogP contribution in [0.5, 0.6) is 0 Å². The fourth-order valence-corrected chi connectivity index (χ4v) is 5.72. The van der Waals surface area contributed by atoms with E-state index in [0.717, 1.165) is 19.3 Å². The molecule has 45 heavy (non-hydrogen) atoms. The normalized spacial score (nSPS) is 11.7. The zero-order valence-corrected chi connectivity index (χ0v) is 31.7. The highest BCUT2D eigenvalue weighted by atomic mass is 16.5. The fourth-order valence-electron chi connectivity index (χ4n) is 5.72. The van der Waals surface area contributed by atoms with Crippen molar-refractivity contribution in [2.75, 3.05) is 6.61 Å². The molecule has 0 saturated carbocycles. The Morgan fingerprint density at radius 2 is 0.778 bits per heavy atom. The molecule has 0 aliphatic rings. The Bertz CT molecular complexity index is 588. The second-order valence-electron chi connectivity index (χ2n) is 13.9. The highest BCUT2D eigenvalue weighted by Gasteiger charge is 2.10. The van der Waals surface area contributed by atoms with Crippen LogP contribution < -0.4 is 0 Å². The van der Waals surface area contributed by atoms with Crippen molar-refractivity contribution in [1.29, 1.82) is 0 Å². The lowest BCUT2D eigenvalue weighted by Gasteiger charge is -2.14. The third-order valence-corrected chi connectivity index (χ3v) is 8.86. The summed E-state index contributed by atoms with van der Waals surface area (Å²) < 4.78 is 10.6. The third kappa shape index (κ3) is 40.9. The molecule has 0 bridgehead atoms. The predicted octanol–water partition coefficient (Wildman–Crippen LogP) is 13.9. The van der Waals surface area contributed by atoms with Gasteiger partial charge in [-0.3, -0.25) is 9.59 Å². The molecule has 0 N–H and O–H groups in total. The summed E-state index contributed by atoms with van der Waals surface area (Å²) >= 11 is 0. The summed E-state index contributed by atoms with van der Waals surface area (Å²) in [5.74, 6) is 0.541. The molecule has 0 fully saturated rings. The molecule has 0 aliphatic carbocycles. The Morgan fingerprint density at radius 1 is 0.444 bits per heavy atom. The molecule has 0 radical (unpaired) electrons. The Hall–Kier alpha value is -1.06. The number of carbonyl (C=O) groups excluding carboxylic acids is 2. The summed E-state index contributed by atoms with van der Waals surface area (Å²) in [4.78, 5) is 23.1. The van der Waals surface area contributed by atoms with Gasteiger partial charge in [-0.05, 0) is 39.0 Å². The van der Waals surface area contributed by atoms with Gasteiger partial charge in [0.15, 0.2) is 0 Å². The molecule has 0 spiro atoms. The smallest absolute Gasteiger partial charge is 0.306 e. The van der Waals surface area contributed by atoms with Crippen LogP contribution >= 0.6 is 0 Å². The van der Waals surface area contributed by atoms with Gasteiger partial charge in [-0.25, -0.2) is 0 Å². The Balaban J connectivity index is 0. The first-order valence-electron chi connectivity index (χ1n) is 20.3. The maximum atomic E-state index is 11.8. The molecule has 4 nitrogen and oxygen atoms in total. The van der Waals surface area contributed by atoms with Crippen LogP contribution in [0.2, 0.25) is 0 Å². The number of unbranched alkanes of at least 4 members (excludes halogenated alkanes) is 23. The van der Waals surface area contributed by atoms with Crippen molar-refractivity contribution in [3.8, 4) is 0 Å². The van der Waals surface area contributed by atoms with E-state index in [4.69, 9.17) is 9.47 Å². The fraction of sp³-hybridized carbons (Fsp3) is 0.951. The van der Waals surface area contributed by atoms with Crippen LogP contribution in [0.3, 0.4) is 0 Å². The van der Waals surface area contributed by atoms with E-state index in [0.29, 0.717) is 25.4 Å². The number of hydrogen-bond donors (Lipinski definition) is 0. The average Bonchev–Trinajstić information content (AvgIpc) is 3.02. The molecular weight excluding hydrogens is 556 g/mol. The molecule has 0 aromatic heterocycles. The van der Waals surface area contributed by atoms with E-state index < -0.39 is 0 Å². The highest BCUT2D eigenvalue weighted by molar-refractivity contribution is 5.69. The number of hydrogen-bond acceptors (Lipinski definition) is 4. The van der Waals surface area contributed by atoms with E-state index in [1.165, 1.54) is 161 Å². The van der Waals surface area contributed by atoms with Gasteiger partial charge >= 0.3 is 11.9 Å². The van der Waals surface area contributed by atoms with E-state index >= 15 is 0 Å². The molecule has 0 aromatic carbocycles. The van der Waals surface area contributed by atoms with Gasteiger partial charge in [0.1, 0.15) is 0 Å². The van der Waals surface area contributed by atoms with Crippen LogP contribution in [-0.2, 0) is 19.1 Å². The summed E-state index contributed by atoms with van der Waals surface area (Å²) in [5.41, 5.74) is 0. The van der Waals surface area contributed by atoms with Crippen LogP contribution in [0.25, 0.3) is 0 Å². The van der Waals surface area contributed by atoms with Crippen LogP contribution in [-0.4, -0.2) is 24.6 Å². The maximum absolute atomic E-state index is 11.8. The molecular formula is C41H82O4. The second kappa shape index (κ2) is 39.1. The van der Waals surface area contributed by atoms with Gasteiger partial charge in [-0.2, -0.15) is 0 Å². The van der Waals surface area contributed by atoms with E-state index in [1.54, 1.807) is 0 Å². The van der Waals surface area contributed by atoms with Gasteiger partial charge < -0.3 is 9.47 Å². The maximum Gasteiger partial charge on any atom is 0.306 e. The SMILES string of the molecule is CCCCCCCCCCCCCC(=O)OC(C)C.CCCCCCCCCCCCCCCC(=O)OCC(CC)CCCC. The van der Waals surface area contributed by atoms with Crippen molar-refractivity contribution >= 4 is 11.9 Å². The van der Waals surface area contributed by atoms with E-state index in [9.17, 15) is 9.59 Å². The minimum absolute atomic E-state index is 0.0167. The van der Waals surface area contributed by atoms with Crippen LogP contribution in [0.1, 0.15) is 234 Å². The van der Waals surface area contributed by atoms with E-state index in [-0.39, 0.29) is 18.0 Å². The number of esters is 2. The van der Waals surface area contributed by atoms with Crippen molar-refractivity contribution < 1.29 is 19.1 Å². The van der Waals surface area contributed by atoms with Gasteiger partial charge in [0, 0.05) is 12.8 Å². The van der Waals surface area contributed by atoms with Crippen molar-refractivity contribution in [1.82, 2.24) is 0 Å². The number of rotatable bonds is 33. The molecule has 0 heterocycles. The van der Waals surface area contributed by atoms with Crippen LogP contribution in [0.15, 0.2) is 0 Å². The third-order valence-electron chi connectivity index (χ3n) is 8.86. The standard InChI is InChI=1S/C24H48O2.C17H34O2/c1-4-7-9-10-11-12-13-14-15-16-17-18-19-21-24(25)26-22-23(6-3)20-8-5-2;1-4-5-6-7-8-9-10-11-12-13-14-15-17(18)19-16(2)3/h23H,4-22H2,1-3H3;16H,4-15H2,1-3H3. The van der Waals surface area contributed by atoms with Gasteiger partial charge in [-0.1, -0.05) is 188 Å². The average molecular weight is 639 g/mol.